The molecule has 1 aromatic carbocycles. The van der Waals surface area contributed by atoms with Gasteiger partial charge in [0.2, 0.25) is 0 Å². The molecule has 0 aliphatic rings. The van der Waals surface area contributed by atoms with Crippen LogP contribution in [-0.4, -0.2) is 24.6 Å². The highest BCUT2D eigenvalue weighted by Gasteiger charge is 2.14. The number of esters is 1. The molecule has 0 unspecified atom stereocenters. The number of hydrogen-bond donors (Lipinski definition) is 1. The van der Waals surface area contributed by atoms with Gasteiger partial charge in [-0.1, -0.05) is 17.7 Å². The van der Waals surface area contributed by atoms with E-state index in [0.717, 1.165) is 0 Å². The largest absolute Gasteiger partial charge is 0.465 e. The van der Waals surface area contributed by atoms with Crippen molar-refractivity contribution in [1.82, 2.24) is 0 Å². The lowest BCUT2D eigenvalue weighted by Gasteiger charge is -2.07. The van der Waals surface area contributed by atoms with Crippen molar-refractivity contribution in [3.05, 3.63) is 34.3 Å². The van der Waals surface area contributed by atoms with Gasteiger partial charge in [-0.15, -0.1) is 0 Å². The first-order valence-corrected chi connectivity index (χ1v) is 5.58. The number of methoxy groups -OCH3 is 1. The van der Waals surface area contributed by atoms with Crippen molar-refractivity contribution in [2.45, 2.75) is 6.42 Å². The van der Waals surface area contributed by atoms with Crippen LogP contribution in [0.5, 0.6) is 0 Å². The van der Waals surface area contributed by atoms with Crippen molar-refractivity contribution in [2.24, 2.45) is 0 Å². The summed E-state index contributed by atoms with van der Waals surface area (Å²) in [4.78, 5) is 22.7. The van der Waals surface area contributed by atoms with Crippen molar-refractivity contribution in [3.63, 3.8) is 0 Å². The van der Waals surface area contributed by atoms with E-state index in [1.165, 1.54) is 13.2 Å². The number of ether oxygens (including phenoxy) is 1. The quantitative estimate of drug-likeness (QED) is 0.665. The molecule has 0 heterocycles. The second-order valence-corrected chi connectivity index (χ2v) is 3.92. The van der Waals surface area contributed by atoms with Crippen molar-refractivity contribution < 1.29 is 14.3 Å². The lowest BCUT2D eigenvalue weighted by atomic mass is 10.0. The van der Waals surface area contributed by atoms with Crippen LogP contribution in [0.2, 0.25) is 5.02 Å². The Morgan fingerprint density at radius 2 is 2.12 bits per heavy atom. The predicted molar refractivity (Wildman–Crippen MR) is 65.4 cm³/mol. The van der Waals surface area contributed by atoms with Crippen LogP contribution in [0, 0.1) is 0 Å². The molecule has 0 aromatic heterocycles. The van der Waals surface area contributed by atoms with E-state index < -0.39 is 5.97 Å². The zero-order valence-electron chi connectivity index (χ0n) is 8.70. The van der Waals surface area contributed by atoms with Crippen LogP contribution < -0.4 is 0 Å². The minimum Gasteiger partial charge on any atom is -0.465 e. The number of carbonyl (C=O) groups excluding carboxylic acids is 2. The number of halogens is 1. The molecule has 0 saturated heterocycles. The Hall–Kier alpha value is -1.000. The highest BCUT2D eigenvalue weighted by molar-refractivity contribution is 7.81. The third-order valence-corrected chi connectivity index (χ3v) is 2.63. The van der Waals surface area contributed by atoms with Crippen LogP contribution >= 0.6 is 24.2 Å². The van der Waals surface area contributed by atoms with Gasteiger partial charge in [0.05, 0.1) is 12.7 Å². The van der Waals surface area contributed by atoms with Crippen molar-refractivity contribution in [1.29, 1.82) is 0 Å². The van der Waals surface area contributed by atoms with Crippen molar-refractivity contribution in [3.8, 4) is 0 Å². The number of Topliss-reactive ketones (excluding diaryl/α,β-unsaturated/α-hetero) is 1. The fourth-order valence-electron chi connectivity index (χ4n) is 1.27. The lowest BCUT2D eigenvalue weighted by molar-refractivity contribution is -0.115. The van der Waals surface area contributed by atoms with Crippen molar-refractivity contribution >= 4 is 36.0 Å². The molecule has 1 aromatic rings. The van der Waals surface area contributed by atoms with E-state index in [2.05, 4.69) is 17.4 Å². The number of thiol groups is 1. The van der Waals surface area contributed by atoms with Crippen LogP contribution in [0.1, 0.15) is 15.9 Å². The smallest absolute Gasteiger partial charge is 0.338 e. The fourth-order valence-corrected chi connectivity index (χ4v) is 1.56. The summed E-state index contributed by atoms with van der Waals surface area (Å²) in [6.07, 6.45) is 0.158. The Balaban J connectivity index is 3.07. The highest BCUT2D eigenvalue weighted by Crippen LogP contribution is 2.18. The van der Waals surface area contributed by atoms with Crippen LogP contribution in [0.3, 0.4) is 0 Å². The van der Waals surface area contributed by atoms with Gasteiger partial charge in [-0.2, -0.15) is 12.6 Å². The highest BCUT2D eigenvalue weighted by atomic mass is 35.5. The molecule has 0 spiro atoms. The Kier molecular flexibility index (Phi) is 4.83. The maximum Gasteiger partial charge on any atom is 0.338 e. The molecule has 16 heavy (non-hydrogen) atoms. The molecule has 0 fully saturated rings. The Morgan fingerprint density at radius 3 is 2.69 bits per heavy atom. The standard InChI is InChI=1S/C11H11ClO3S/c1-15-11(14)10-5-8(12)3-2-7(10)4-9(13)6-16/h2-3,5,16H,4,6H2,1H3. The maximum absolute atomic E-state index is 11.4. The van der Waals surface area contributed by atoms with Gasteiger partial charge < -0.3 is 4.74 Å². The second-order valence-electron chi connectivity index (χ2n) is 3.17. The van der Waals surface area contributed by atoms with E-state index in [-0.39, 0.29) is 18.0 Å². The maximum atomic E-state index is 11.4. The topological polar surface area (TPSA) is 43.4 Å². The molecule has 3 nitrogen and oxygen atoms in total. The molecule has 0 saturated carbocycles. The van der Waals surface area contributed by atoms with Crippen LogP contribution in [0.25, 0.3) is 0 Å². The Morgan fingerprint density at radius 1 is 1.44 bits per heavy atom. The van der Waals surface area contributed by atoms with Gasteiger partial charge >= 0.3 is 5.97 Å². The summed E-state index contributed by atoms with van der Waals surface area (Å²) >= 11 is 9.66. The Labute approximate surface area is 104 Å². The summed E-state index contributed by atoms with van der Waals surface area (Å²) in [5, 5.41) is 0.433. The summed E-state index contributed by atoms with van der Waals surface area (Å²) in [7, 11) is 1.29. The molecule has 1 rings (SSSR count). The van der Waals surface area contributed by atoms with Gasteiger partial charge in [-0.3, -0.25) is 4.79 Å². The molecule has 5 heteroatoms. The number of carbonyl (C=O) groups is 2. The first kappa shape index (κ1) is 13.1. The molecular formula is C11H11ClO3S. The average molecular weight is 259 g/mol. The molecule has 86 valence electrons. The zero-order valence-corrected chi connectivity index (χ0v) is 10.3. The van der Waals surface area contributed by atoms with Crippen molar-refractivity contribution in [2.75, 3.05) is 12.9 Å². The number of hydrogen-bond acceptors (Lipinski definition) is 4. The predicted octanol–water partition coefficient (Wildman–Crippen LogP) is 2.17. The minimum atomic E-state index is -0.496. The molecule has 0 radical (unpaired) electrons. The van der Waals surface area contributed by atoms with Gasteiger partial charge in [0.25, 0.3) is 0 Å². The van der Waals surface area contributed by atoms with E-state index in [9.17, 15) is 9.59 Å². The van der Waals surface area contributed by atoms with Gasteiger partial charge in [-0.05, 0) is 17.7 Å². The SMILES string of the molecule is COC(=O)c1cc(Cl)ccc1CC(=O)CS. The summed E-state index contributed by atoms with van der Waals surface area (Å²) in [6.45, 7) is 0. The lowest BCUT2D eigenvalue weighted by Crippen LogP contribution is -2.11. The van der Waals surface area contributed by atoms with Gasteiger partial charge in [0, 0.05) is 17.2 Å². The normalized spacial score (nSPS) is 9.94. The van der Waals surface area contributed by atoms with E-state index in [4.69, 9.17) is 11.6 Å². The summed E-state index contributed by atoms with van der Waals surface area (Å²) in [6, 6.07) is 4.78. The summed E-state index contributed by atoms with van der Waals surface area (Å²) in [5.74, 6) is -0.413. The molecule has 0 atom stereocenters. The number of ketones is 1. The molecule has 0 aliphatic carbocycles. The van der Waals surface area contributed by atoms with E-state index >= 15 is 0 Å². The van der Waals surface area contributed by atoms with E-state index in [1.807, 2.05) is 0 Å². The zero-order chi connectivity index (χ0) is 12.1. The fraction of sp³-hybridized carbons (Fsp3) is 0.273. The first-order valence-electron chi connectivity index (χ1n) is 4.57. The molecule has 0 N–H and O–H groups in total. The Bertz CT molecular complexity index is 418. The molecule has 0 aliphatic heterocycles. The minimum absolute atomic E-state index is 0.0594. The third-order valence-electron chi connectivity index (χ3n) is 2.04. The molecule has 0 bridgehead atoms. The van der Waals surface area contributed by atoms with E-state index in [0.29, 0.717) is 16.1 Å². The second kappa shape index (κ2) is 5.92. The van der Waals surface area contributed by atoms with Crippen LogP contribution in [0.4, 0.5) is 0 Å². The molecule has 0 amide bonds. The van der Waals surface area contributed by atoms with Gasteiger partial charge in [-0.25, -0.2) is 4.79 Å². The number of benzene rings is 1. The van der Waals surface area contributed by atoms with Crippen LogP contribution in [0.15, 0.2) is 18.2 Å². The molecular weight excluding hydrogens is 248 g/mol. The monoisotopic (exact) mass is 258 g/mol. The first-order chi connectivity index (χ1) is 7.58. The van der Waals surface area contributed by atoms with E-state index in [1.54, 1.807) is 12.1 Å². The third kappa shape index (κ3) is 3.25. The van der Waals surface area contributed by atoms with Gasteiger partial charge in [0.15, 0.2) is 0 Å². The summed E-state index contributed by atoms with van der Waals surface area (Å²) < 4.78 is 4.62. The van der Waals surface area contributed by atoms with Crippen LogP contribution in [-0.2, 0) is 16.0 Å². The average Bonchev–Trinajstić information content (AvgIpc) is 2.30. The number of rotatable bonds is 4. The van der Waals surface area contributed by atoms with Gasteiger partial charge in [0.1, 0.15) is 5.78 Å². The summed E-state index contributed by atoms with van der Waals surface area (Å²) in [5.41, 5.74) is 0.931.